The average molecular weight is 400 g/mol. The van der Waals surface area contributed by atoms with E-state index in [1.807, 2.05) is 47.3 Å². The number of methoxy groups -OCH3 is 1. The van der Waals surface area contributed by atoms with Gasteiger partial charge in [0.15, 0.2) is 5.96 Å². The molecule has 0 spiro atoms. The maximum Gasteiger partial charge on any atom is 0.194 e. The molecule has 0 amide bonds. The minimum absolute atomic E-state index is 0.340. The Balaban J connectivity index is 1.52. The van der Waals surface area contributed by atoms with Crippen LogP contribution in [0.2, 0.25) is 0 Å². The second-order valence-corrected chi connectivity index (χ2v) is 7.16. The highest BCUT2D eigenvalue weighted by Crippen LogP contribution is 2.15. The van der Waals surface area contributed by atoms with Gasteiger partial charge < -0.3 is 19.7 Å². The summed E-state index contributed by atoms with van der Waals surface area (Å²) < 4.78 is 12.9. The molecule has 1 N–H and O–H groups in total. The number of nitrogens with zero attached hydrogens (tertiary/aromatic N) is 4. The van der Waals surface area contributed by atoms with E-state index in [2.05, 4.69) is 22.2 Å². The standard InChI is InChI=1S/C22H33N5O2/c1-3-23-22(26-13-11-21(12-14-26)29-17-7-16-28-2)24-18-19-10-15-27(25-19)20-8-5-4-6-9-20/h4-6,8-10,15,21H,3,7,11-14,16-18H2,1-2H3,(H,23,24). The van der Waals surface area contributed by atoms with E-state index < -0.39 is 0 Å². The van der Waals surface area contributed by atoms with Crippen molar-refractivity contribution in [3.63, 3.8) is 0 Å². The van der Waals surface area contributed by atoms with Gasteiger partial charge in [0, 0.05) is 46.2 Å². The van der Waals surface area contributed by atoms with Gasteiger partial charge in [0.1, 0.15) is 0 Å². The van der Waals surface area contributed by atoms with Gasteiger partial charge in [0.05, 0.1) is 24.0 Å². The fourth-order valence-corrected chi connectivity index (χ4v) is 3.44. The minimum atomic E-state index is 0.340. The summed E-state index contributed by atoms with van der Waals surface area (Å²) in [5.74, 6) is 0.958. The summed E-state index contributed by atoms with van der Waals surface area (Å²) in [6.45, 7) is 6.97. The number of guanidine groups is 1. The Morgan fingerprint density at radius 3 is 2.69 bits per heavy atom. The number of likely N-dealkylation sites (tertiary alicyclic amines) is 1. The summed E-state index contributed by atoms with van der Waals surface area (Å²) in [6, 6.07) is 12.2. The van der Waals surface area contributed by atoms with E-state index in [1.54, 1.807) is 7.11 Å². The first-order chi connectivity index (χ1) is 14.3. The van der Waals surface area contributed by atoms with Crippen LogP contribution >= 0.6 is 0 Å². The molecule has 2 aromatic rings. The molecule has 0 unspecified atom stereocenters. The van der Waals surface area contributed by atoms with Crippen LogP contribution in [-0.4, -0.2) is 66.7 Å². The van der Waals surface area contributed by atoms with Gasteiger partial charge in [0.25, 0.3) is 0 Å². The molecular formula is C22H33N5O2. The second-order valence-electron chi connectivity index (χ2n) is 7.16. The summed E-state index contributed by atoms with van der Waals surface area (Å²) in [4.78, 5) is 7.15. The van der Waals surface area contributed by atoms with Crippen LogP contribution in [0.3, 0.4) is 0 Å². The lowest BCUT2D eigenvalue weighted by molar-refractivity contribution is 0.00990. The first-order valence-corrected chi connectivity index (χ1v) is 10.5. The van der Waals surface area contributed by atoms with Crippen molar-refractivity contribution in [3.8, 4) is 5.69 Å². The topological polar surface area (TPSA) is 63.9 Å². The van der Waals surface area contributed by atoms with Crippen molar-refractivity contribution in [2.75, 3.05) is 40.0 Å². The van der Waals surface area contributed by atoms with Crippen molar-refractivity contribution in [1.82, 2.24) is 20.0 Å². The summed E-state index contributed by atoms with van der Waals surface area (Å²) in [6.07, 6.45) is 5.34. The Bertz CT molecular complexity index is 739. The molecule has 29 heavy (non-hydrogen) atoms. The molecule has 1 saturated heterocycles. The summed E-state index contributed by atoms with van der Waals surface area (Å²) in [5, 5.41) is 8.07. The second kappa shape index (κ2) is 11.6. The fraction of sp³-hybridized carbons (Fsp3) is 0.545. The lowest BCUT2D eigenvalue weighted by atomic mass is 10.1. The van der Waals surface area contributed by atoms with Gasteiger partial charge in [-0.05, 0) is 44.4 Å². The van der Waals surface area contributed by atoms with Crippen LogP contribution in [0.1, 0.15) is 31.9 Å². The molecule has 1 aromatic heterocycles. The zero-order valence-electron chi connectivity index (χ0n) is 17.6. The molecule has 1 aliphatic heterocycles. The molecule has 0 aliphatic carbocycles. The van der Waals surface area contributed by atoms with Gasteiger partial charge in [-0.1, -0.05) is 18.2 Å². The Morgan fingerprint density at radius 1 is 1.17 bits per heavy atom. The molecule has 1 fully saturated rings. The zero-order valence-corrected chi connectivity index (χ0v) is 17.6. The van der Waals surface area contributed by atoms with Crippen molar-refractivity contribution in [2.24, 2.45) is 4.99 Å². The molecule has 7 heteroatoms. The molecule has 1 aliphatic rings. The van der Waals surface area contributed by atoms with E-state index in [0.717, 1.165) is 69.5 Å². The van der Waals surface area contributed by atoms with Gasteiger partial charge in [-0.25, -0.2) is 9.67 Å². The maximum absolute atomic E-state index is 5.97. The average Bonchev–Trinajstić information content (AvgIpc) is 3.24. The van der Waals surface area contributed by atoms with Gasteiger partial charge in [-0.2, -0.15) is 5.10 Å². The summed E-state index contributed by atoms with van der Waals surface area (Å²) in [5.41, 5.74) is 2.02. The van der Waals surface area contributed by atoms with E-state index in [4.69, 9.17) is 14.5 Å². The van der Waals surface area contributed by atoms with Gasteiger partial charge in [0.2, 0.25) is 0 Å². The zero-order chi connectivity index (χ0) is 20.3. The van der Waals surface area contributed by atoms with Gasteiger partial charge in [-0.3, -0.25) is 0 Å². The number of rotatable bonds is 9. The van der Waals surface area contributed by atoms with Crippen LogP contribution in [-0.2, 0) is 16.0 Å². The monoisotopic (exact) mass is 399 g/mol. The third kappa shape index (κ3) is 6.58. The van der Waals surface area contributed by atoms with Crippen LogP contribution < -0.4 is 5.32 Å². The summed E-state index contributed by atoms with van der Waals surface area (Å²) in [7, 11) is 1.73. The van der Waals surface area contributed by atoms with Crippen LogP contribution in [0.5, 0.6) is 0 Å². The highest BCUT2D eigenvalue weighted by molar-refractivity contribution is 5.80. The highest BCUT2D eigenvalue weighted by Gasteiger charge is 2.21. The van der Waals surface area contributed by atoms with Crippen molar-refractivity contribution < 1.29 is 9.47 Å². The fourth-order valence-electron chi connectivity index (χ4n) is 3.44. The minimum Gasteiger partial charge on any atom is -0.385 e. The number of para-hydroxylation sites is 1. The Kier molecular flexibility index (Phi) is 8.52. The van der Waals surface area contributed by atoms with Crippen molar-refractivity contribution in [1.29, 1.82) is 0 Å². The maximum atomic E-state index is 5.97. The predicted molar refractivity (Wildman–Crippen MR) is 115 cm³/mol. The van der Waals surface area contributed by atoms with E-state index in [1.165, 1.54) is 0 Å². The van der Waals surface area contributed by atoms with Crippen LogP contribution in [0.15, 0.2) is 47.6 Å². The normalized spacial score (nSPS) is 15.7. The number of nitrogens with one attached hydrogen (secondary N) is 1. The Hall–Kier alpha value is -2.38. The molecule has 2 heterocycles. The van der Waals surface area contributed by atoms with E-state index in [-0.39, 0.29) is 0 Å². The highest BCUT2D eigenvalue weighted by atomic mass is 16.5. The lowest BCUT2D eigenvalue weighted by Crippen LogP contribution is -2.47. The van der Waals surface area contributed by atoms with E-state index in [9.17, 15) is 0 Å². The van der Waals surface area contributed by atoms with Crippen molar-refractivity contribution in [3.05, 3.63) is 48.3 Å². The van der Waals surface area contributed by atoms with Crippen LogP contribution in [0.4, 0.5) is 0 Å². The third-order valence-electron chi connectivity index (χ3n) is 4.98. The molecule has 0 radical (unpaired) electrons. The van der Waals surface area contributed by atoms with Crippen LogP contribution in [0, 0.1) is 0 Å². The van der Waals surface area contributed by atoms with Crippen molar-refractivity contribution >= 4 is 5.96 Å². The van der Waals surface area contributed by atoms with Gasteiger partial charge in [-0.15, -0.1) is 0 Å². The molecule has 0 bridgehead atoms. The largest absolute Gasteiger partial charge is 0.385 e. The molecule has 0 atom stereocenters. The molecule has 0 saturated carbocycles. The smallest absolute Gasteiger partial charge is 0.194 e. The number of hydrogen-bond acceptors (Lipinski definition) is 4. The van der Waals surface area contributed by atoms with E-state index in [0.29, 0.717) is 12.6 Å². The number of aromatic nitrogens is 2. The molecule has 1 aromatic carbocycles. The Morgan fingerprint density at radius 2 is 1.97 bits per heavy atom. The Labute approximate surface area is 173 Å². The lowest BCUT2D eigenvalue weighted by Gasteiger charge is -2.34. The van der Waals surface area contributed by atoms with E-state index >= 15 is 0 Å². The molecule has 7 nitrogen and oxygen atoms in total. The number of aliphatic imine (C=N–C) groups is 1. The quantitative estimate of drug-likeness (QED) is 0.399. The molecule has 158 valence electrons. The third-order valence-corrected chi connectivity index (χ3v) is 4.98. The van der Waals surface area contributed by atoms with Crippen molar-refractivity contribution in [2.45, 2.75) is 38.8 Å². The SMILES string of the molecule is CCNC(=NCc1ccn(-c2ccccc2)n1)N1CCC(OCCCOC)CC1. The molecule has 3 rings (SSSR count). The predicted octanol–water partition coefficient (Wildman–Crippen LogP) is 2.86. The first kappa shape index (κ1) is 21.3. The number of ether oxygens (including phenoxy) is 2. The summed E-state index contributed by atoms with van der Waals surface area (Å²) >= 11 is 0. The molecular weight excluding hydrogens is 366 g/mol. The van der Waals surface area contributed by atoms with Crippen LogP contribution in [0.25, 0.3) is 5.69 Å². The van der Waals surface area contributed by atoms with Gasteiger partial charge >= 0.3 is 0 Å². The number of piperidine rings is 1. The first-order valence-electron chi connectivity index (χ1n) is 10.5. The number of hydrogen-bond donors (Lipinski definition) is 1. The number of benzene rings is 1.